The fourth-order valence-corrected chi connectivity index (χ4v) is 4.18. The molecule has 0 bridgehead atoms. The van der Waals surface area contributed by atoms with Crippen LogP contribution in [0, 0.1) is 5.92 Å². The summed E-state index contributed by atoms with van der Waals surface area (Å²) in [6, 6.07) is 18.4. The van der Waals surface area contributed by atoms with Crippen molar-refractivity contribution in [3.05, 3.63) is 82.9 Å². The van der Waals surface area contributed by atoms with Crippen LogP contribution in [0.15, 0.2) is 60.7 Å². The number of hydrogen-bond donors (Lipinski definition) is 0. The Morgan fingerprint density at radius 1 is 0.857 bits per heavy atom. The van der Waals surface area contributed by atoms with Gasteiger partial charge in [-0.05, 0) is 72.3 Å². The Balaban J connectivity index is 1.51. The van der Waals surface area contributed by atoms with Crippen molar-refractivity contribution in [1.29, 1.82) is 0 Å². The monoisotopic (exact) mass is 372 g/mol. The van der Waals surface area contributed by atoms with E-state index in [2.05, 4.69) is 80.6 Å². The van der Waals surface area contributed by atoms with E-state index in [9.17, 15) is 0 Å². The smallest absolute Gasteiger partial charge is 0.0228 e. The van der Waals surface area contributed by atoms with Gasteiger partial charge in [0, 0.05) is 0 Å². The molecule has 0 heterocycles. The zero-order valence-corrected chi connectivity index (χ0v) is 17.8. The van der Waals surface area contributed by atoms with Gasteiger partial charge in [0.05, 0.1) is 0 Å². The summed E-state index contributed by atoms with van der Waals surface area (Å²) >= 11 is 0. The number of allylic oxidation sites excluding steroid dienone is 3. The summed E-state index contributed by atoms with van der Waals surface area (Å²) in [7, 11) is 0. The van der Waals surface area contributed by atoms with Crippen molar-refractivity contribution in [3.63, 3.8) is 0 Å². The van der Waals surface area contributed by atoms with E-state index in [0.717, 1.165) is 25.2 Å². The molecule has 0 heteroatoms. The lowest BCUT2D eigenvalue weighted by molar-refractivity contribution is 0.445. The highest BCUT2D eigenvalue weighted by Gasteiger charge is 2.14. The molecule has 0 radical (unpaired) electrons. The maximum absolute atomic E-state index is 2.50. The predicted octanol–water partition coefficient (Wildman–Crippen LogP) is 8.27. The van der Waals surface area contributed by atoms with Gasteiger partial charge in [-0.1, -0.05) is 99.9 Å². The summed E-state index contributed by atoms with van der Waals surface area (Å²) in [5.41, 5.74) is 7.17. The lowest BCUT2D eigenvalue weighted by Gasteiger charge is -2.21. The molecule has 2 aromatic rings. The highest BCUT2D eigenvalue weighted by Crippen LogP contribution is 2.32. The van der Waals surface area contributed by atoms with Crippen LogP contribution in [0.4, 0.5) is 0 Å². The van der Waals surface area contributed by atoms with Gasteiger partial charge >= 0.3 is 0 Å². The van der Waals surface area contributed by atoms with Gasteiger partial charge in [-0.2, -0.15) is 0 Å². The second kappa shape index (κ2) is 11.1. The van der Waals surface area contributed by atoms with E-state index in [4.69, 9.17) is 0 Å². The van der Waals surface area contributed by atoms with E-state index in [1.54, 1.807) is 5.57 Å². The molecule has 0 saturated carbocycles. The van der Waals surface area contributed by atoms with Crippen LogP contribution in [0.25, 0.3) is 11.6 Å². The highest BCUT2D eigenvalue weighted by atomic mass is 14.2. The van der Waals surface area contributed by atoms with Gasteiger partial charge in [-0.3, -0.25) is 0 Å². The van der Waals surface area contributed by atoms with Crippen LogP contribution in [-0.2, 0) is 12.8 Å². The largest absolute Gasteiger partial charge is 0.0840 e. The standard InChI is InChI=1S/C28H36/c1-3-5-6-8-24-9-11-25(12-10-24)13-14-26-17-21-28(22-18-26)27-19-15-23(7-4-2)16-20-27/h6,8-12,17-19,21-23H,3-5,7,13-16,20H2,1-2H3. The zero-order valence-electron chi connectivity index (χ0n) is 17.8. The average Bonchev–Trinajstić information content (AvgIpc) is 2.75. The minimum absolute atomic E-state index is 0.918. The molecular weight excluding hydrogens is 336 g/mol. The normalized spacial score (nSPS) is 17.1. The number of aryl methyl sites for hydroxylation is 2. The van der Waals surface area contributed by atoms with Crippen molar-refractivity contribution in [2.24, 2.45) is 5.92 Å². The summed E-state index contributed by atoms with van der Waals surface area (Å²) in [4.78, 5) is 0. The molecule has 0 aromatic heterocycles. The Hall–Kier alpha value is -2.08. The lowest BCUT2D eigenvalue weighted by atomic mass is 9.84. The molecule has 1 aliphatic rings. The molecule has 0 amide bonds. The third-order valence-electron chi connectivity index (χ3n) is 5.99. The molecule has 0 fully saturated rings. The van der Waals surface area contributed by atoms with Gasteiger partial charge in [-0.25, -0.2) is 0 Å². The minimum Gasteiger partial charge on any atom is -0.0840 e. The van der Waals surface area contributed by atoms with E-state index < -0.39 is 0 Å². The first-order valence-electron chi connectivity index (χ1n) is 11.3. The zero-order chi connectivity index (χ0) is 19.6. The Bertz CT molecular complexity index is 759. The fraction of sp³-hybridized carbons (Fsp3) is 0.429. The van der Waals surface area contributed by atoms with Crippen LogP contribution >= 0.6 is 0 Å². The SMILES string of the molecule is CCCC=Cc1ccc(CCc2ccc(C3=CCC(CCC)CC3)cc2)cc1. The van der Waals surface area contributed by atoms with E-state index >= 15 is 0 Å². The summed E-state index contributed by atoms with van der Waals surface area (Å²) in [6.45, 7) is 4.52. The number of benzene rings is 2. The molecular formula is C28H36. The van der Waals surface area contributed by atoms with E-state index in [-0.39, 0.29) is 0 Å². The molecule has 1 unspecified atom stereocenters. The maximum Gasteiger partial charge on any atom is -0.0228 e. The Morgan fingerprint density at radius 3 is 2.11 bits per heavy atom. The van der Waals surface area contributed by atoms with Crippen LogP contribution in [0.2, 0.25) is 0 Å². The summed E-state index contributed by atoms with van der Waals surface area (Å²) in [5, 5.41) is 0. The van der Waals surface area contributed by atoms with Crippen LogP contribution in [0.3, 0.4) is 0 Å². The average molecular weight is 373 g/mol. The number of hydrogen-bond acceptors (Lipinski definition) is 0. The molecule has 2 aromatic carbocycles. The van der Waals surface area contributed by atoms with Gasteiger partial charge in [0.2, 0.25) is 0 Å². The van der Waals surface area contributed by atoms with Gasteiger partial charge in [0.25, 0.3) is 0 Å². The van der Waals surface area contributed by atoms with Gasteiger partial charge in [-0.15, -0.1) is 0 Å². The maximum atomic E-state index is 2.50. The van der Waals surface area contributed by atoms with Crippen molar-refractivity contribution in [2.45, 2.75) is 71.6 Å². The molecule has 1 atom stereocenters. The van der Waals surface area contributed by atoms with Crippen molar-refractivity contribution < 1.29 is 0 Å². The summed E-state index contributed by atoms with van der Waals surface area (Å²) in [5.74, 6) is 0.918. The van der Waals surface area contributed by atoms with E-state index in [1.165, 1.54) is 60.8 Å². The summed E-state index contributed by atoms with van der Waals surface area (Å²) in [6.07, 6.45) is 18.2. The first-order chi connectivity index (χ1) is 13.8. The lowest BCUT2D eigenvalue weighted by Crippen LogP contribution is -2.05. The van der Waals surface area contributed by atoms with Crippen molar-refractivity contribution >= 4 is 11.6 Å². The fourth-order valence-electron chi connectivity index (χ4n) is 4.18. The Morgan fingerprint density at radius 2 is 1.54 bits per heavy atom. The van der Waals surface area contributed by atoms with Crippen LogP contribution < -0.4 is 0 Å². The van der Waals surface area contributed by atoms with Crippen molar-refractivity contribution in [2.75, 3.05) is 0 Å². The first-order valence-corrected chi connectivity index (χ1v) is 11.3. The number of unbranched alkanes of at least 4 members (excludes halogenated alkanes) is 1. The number of rotatable bonds is 9. The Labute approximate surface area is 172 Å². The third kappa shape index (κ3) is 6.23. The van der Waals surface area contributed by atoms with Gasteiger partial charge in [0.15, 0.2) is 0 Å². The van der Waals surface area contributed by atoms with Crippen LogP contribution in [0.5, 0.6) is 0 Å². The highest BCUT2D eigenvalue weighted by molar-refractivity contribution is 5.66. The molecule has 3 rings (SSSR count). The topological polar surface area (TPSA) is 0 Å². The molecule has 0 N–H and O–H groups in total. The molecule has 1 aliphatic carbocycles. The molecule has 0 spiro atoms. The van der Waals surface area contributed by atoms with Gasteiger partial charge < -0.3 is 0 Å². The first kappa shape index (κ1) is 20.6. The molecule has 0 nitrogen and oxygen atoms in total. The van der Waals surface area contributed by atoms with Crippen molar-refractivity contribution in [3.8, 4) is 0 Å². The van der Waals surface area contributed by atoms with Crippen LogP contribution in [-0.4, -0.2) is 0 Å². The minimum atomic E-state index is 0.918. The molecule has 28 heavy (non-hydrogen) atoms. The second-order valence-corrected chi connectivity index (χ2v) is 8.29. The molecule has 0 aliphatic heterocycles. The van der Waals surface area contributed by atoms with Crippen molar-refractivity contribution in [1.82, 2.24) is 0 Å². The van der Waals surface area contributed by atoms with Crippen LogP contribution in [0.1, 0.15) is 81.0 Å². The third-order valence-corrected chi connectivity index (χ3v) is 5.99. The van der Waals surface area contributed by atoms with E-state index in [0.29, 0.717) is 0 Å². The van der Waals surface area contributed by atoms with Gasteiger partial charge in [0.1, 0.15) is 0 Å². The van der Waals surface area contributed by atoms with E-state index in [1.807, 2.05) is 0 Å². The summed E-state index contributed by atoms with van der Waals surface area (Å²) < 4.78 is 0. The Kier molecular flexibility index (Phi) is 8.15. The molecule has 148 valence electrons. The second-order valence-electron chi connectivity index (χ2n) is 8.29. The quantitative estimate of drug-likeness (QED) is 0.415. The molecule has 0 saturated heterocycles. The predicted molar refractivity (Wildman–Crippen MR) is 124 cm³/mol.